The summed E-state index contributed by atoms with van der Waals surface area (Å²) in [7, 11) is 3.42. The van der Waals surface area contributed by atoms with Crippen LogP contribution in [0.1, 0.15) is 11.1 Å². The smallest absolute Gasteiger partial charge is 0.155 e. The summed E-state index contributed by atoms with van der Waals surface area (Å²) in [5, 5.41) is 0. The lowest BCUT2D eigenvalue weighted by Gasteiger charge is -2.15. The Morgan fingerprint density at radius 1 is 1.23 bits per heavy atom. The lowest BCUT2D eigenvalue weighted by molar-refractivity contribution is 0.0548. The second kappa shape index (κ2) is 3.48. The number of benzene rings is 1. The van der Waals surface area contributed by atoms with Crippen LogP contribution >= 0.6 is 0 Å². The predicted octanol–water partition coefficient (Wildman–Crippen LogP) is 1.78. The van der Waals surface area contributed by atoms with E-state index in [1.54, 1.807) is 14.2 Å². The Hall–Kier alpha value is -0.860. The minimum Gasteiger partial charge on any atom is -0.378 e. The summed E-state index contributed by atoms with van der Waals surface area (Å²) in [5.74, 6) is 0. The van der Waals surface area contributed by atoms with Crippen molar-refractivity contribution in [2.75, 3.05) is 14.2 Å². The molecule has 1 aliphatic rings. The number of hydrogen-bond acceptors (Lipinski definition) is 2. The Morgan fingerprint density at radius 2 is 2.00 bits per heavy atom. The number of methoxy groups -OCH3 is 2. The van der Waals surface area contributed by atoms with Gasteiger partial charge in [-0.05, 0) is 11.1 Å². The summed E-state index contributed by atoms with van der Waals surface area (Å²) in [5.41, 5.74) is 2.50. The maximum Gasteiger partial charge on any atom is 0.155 e. The van der Waals surface area contributed by atoms with Gasteiger partial charge in [0.05, 0.1) is 6.10 Å². The predicted molar refractivity (Wildman–Crippen MR) is 50.3 cm³/mol. The number of rotatable bonds is 2. The molecule has 13 heavy (non-hydrogen) atoms. The van der Waals surface area contributed by atoms with Crippen LogP contribution in [0.15, 0.2) is 24.3 Å². The minimum atomic E-state index is 0.0994. The van der Waals surface area contributed by atoms with Crippen LogP contribution in [-0.4, -0.2) is 20.3 Å². The summed E-state index contributed by atoms with van der Waals surface area (Å²) in [4.78, 5) is 0. The molecule has 1 radical (unpaired) electrons. The molecule has 69 valence electrons. The summed E-state index contributed by atoms with van der Waals surface area (Å²) < 4.78 is 10.7. The molecule has 1 aliphatic carbocycles. The first-order valence-electron chi connectivity index (χ1n) is 4.38. The normalized spacial score (nSPS) is 21.8. The second-order valence-electron chi connectivity index (χ2n) is 3.15. The molecule has 1 aromatic rings. The van der Waals surface area contributed by atoms with E-state index in [1.807, 2.05) is 12.1 Å². The minimum absolute atomic E-state index is 0.0994. The van der Waals surface area contributed by atoms with E-state index >= 15 is 0 Å². The van der Waals surface area contributed by atoms with E-state index in [2.05, 4.69) is 12.1 Å². The highest BCUT2D eigenvalue weighted by Crippen LogP contribution is 2.34. The fourth-order valence-corrected chi connectivity index (χ4v) is 1.84. The first-order chi connectivity index (χ1) is 6.36. The van der Waals surface area contributed by atoms with Crippen LogP contribution in [0.2, 0.25) is 0 Å². The fourth-order valence-electron chi connectivity index (χ4n) is 1.84. The molecular weight excluding hydrogens is 164 g/mol. The van der Waals surface area contributed by atoms with Gasteiger partial charge >= 0.3 is 0 Å². The van der Waals surface area contributed by atoms with Crippen molar-refractivity contribution in [3.05, 3.63) is 41.5 Å². The molecule has 0 saturated carbocycles. The average molecular weight is 177 g/mol. The van der Waals surface area contributed by atoms with E-state index < -0.39 is 0 Å². The van der Waals surface area contributed by atoms with Crippen LogP contribution in [-0.2, 0) is 15.9 Å². The standard InChI is InChI=1S/C11H13O2/c1-12-10-7-8-5-3-4-6-9(8)11(10)13-2/h3-6,10H,7H2,1-2H3. The largest absolute Gasteiger partial charge is 0.378 e. The first-order valence-corrected chi connectivity index (χ1v) is 4.38. The Labute approximate surface area is 78.5 Å². The molecule has 2 nitrogen and oxygen atoms in total. The molecule has 0 N–H and O–H groups in total. The lowest BCUT2D eigenvalue weighted by atomic mass is 10.1. The summed E-state index contributed by atoms with van der Waals surface area (Å²) in [6.45, 7) is 0. The van der Waals surface area contributed by atoms with E-state index in [0.717, 1.165) is 12.5 Å². The third kappa shape index (κ3) is 1.36. The molecule has 0 amide bonds. The maximum absolute atomic E-state index is 5.34. The first kappa shape index (κ1) is 8.73. The van der Waals surface area contributed by atoms with Crippen molar-refractivity contribution in [1.29, 1.82) is 0 Å². The highest BCUT2D eigenvalue weighted by molar-refractivity contribution is 5.43. The average Bonchev–Trinajstić information content (AvgIpc) is 2.55. The molecule has 0 aromatic heterocycles. The SMILES string of the molecule is CO[C]1c2ccccc2CC1OC. The van der Waals surface area contributed by atoms with Crippen LogP contribution in [0.3, 0.4) is 0 Å². The zero-order chi connectivity index (χ0) is 9.26. The molecule has 0 bridgehead atoms. The van der Waals surface area contributed by atoms with E-state index in [1.165, 1.54) is 11.1 Å². The number of hydrogen-bond donors (Lipinski definition) is 0. The van der Waals surface area contributed by atoms with E-state index in [9.17, 15) is 0 Å². The van der Waals surface area contributed by atoms with Gasteiger partial charge in [-0.2, -0.15) is 0 Å². The third-order valence-electron chi connectivity index (χ3n) is 2.48. The monoisotopic (exact) mass is 177 g/mol. The van der Waals surface area contributed by atoms with Gasteiger partial charge in [0.25, 0.3) is 0 Å². The van der Waals surface area contributed by atoms with Crippen molar-refractivity contribution >= 4 is 0 Å². The van der Waals surface area contributed by atoms with Gasteiger partial charge in [-0.3, -0.25) is 0 Å². The van der Waals surface area contributed by atoms with E-state index in [0.29, 0.717) is 0 Å². The summed E-state index contributed by atoms with van der Waals surface area (Å²) >= 11 is 0. The van der Waals surface area contributed by atoms with Crippen LogP contribution in [0.25, 0.3) is 0 Å². The highest BCUT2D eigenvalue weighted by Gasteiger charge is 2.33. The van der Waals surface area contributed by atoms with Crippen LogP contribution in [0.4, 0.5) is 0 Å². The fraction of sp³-hybridized carbons (Fsp3) is 0.364. The van der Waals surface area contributed by atoms with E-state index in [-0.39, 0.29) is 6.10 Å². The Kier molecular flexibility index (Phi) is 2.34. The maximum atomic E-state index is 5.34. The number of ether oxygens (including phenoxy) is 2. The van der Waals surface area contributed by atoms with Gasteiger partial charge in [-0.1, -0.05) is 24.3 Å². The number of fused-ring (bicyclic) bond motifs is 1. The molecule has 0 fully saturated rings. The molecule has 0 heterocycles. The zero-order valence-corrected chi connectivity index (χ0v) is 7.91. The van der Waals surface area contributed by atoms with Crippen molar-refractivity contribution in [2.45, 2.75) is 12.5 Å². The lowest BCUT2D eigenvalue weighted by Crippen LogP contribution is -2.18. The van der Waals surface area contributed by atoms with Crippen molar-refractivity contribution < 1.29 is 9.47 Å². The molecule has 1 unspecified atom stereocenters. The molecule has 1 aromatic carbocycles. The van der Waals surface area contributed by atoms with Gasteiger partial charge < -0.3 is 9.47 Å². The van der Waals surface area contributed by atoms with Gasteiger partial charge in [0.2, 0.25) is 0 Å². The van der Waals surface area contributed by atoms with Crippen molar-refractivity contribution in [2.24, 2.45) is 0 Å². The van der Waals surface area contributed by atoms with Crippen LogP contribution < -0.4 is 0 Å². The van der Waals surface area contributed by atoms with Crippen molar-refractivity contribution in [3.8, 4) is 0 Å². The molecule has 2 heteroatoms. The molecular formula is C11H13O2. The quantitative estimate of drug-likeness (QED) is 0.685. The third-order valence-corrected chi connectivity index (χ3v) is 2.48. The Bertz CT molecular complexity index is 296. The topological polar surface area (TPSA) is 18.5 Å². The second-order valence-corrected chi connectivity index (χ2v) is 3.15. The molecule has 0 saturated heterocycles. The molecule has 2 rings (SSSR count). The summed E-state index contributed by atoms with van der Waals surface area (Å²) in [6, 6.07) is 8.26. The zero-order valence-electron chi connectivity index (χ0n) is 7.91. The van der Waals surface area contributed by atoms with Crippen molar-refractivity contribution in [3.63, 3.8) is 0 Å². The van der Waals surface area contributed by atoms with Gasteiger partial charge in [0.15, 0.2) is 6.10 Å². The van der Waals surface area contributed by atoms with Gasteiger partial charge in [-0.15, -0.1) is 0 Å². The molecule has 0 spiro atoms. The summed E-state index contributed by atoms with van der Waals surface area (Å²) in [6.07, 6.45) is 1.98. The van der Waals surface area contributed by atoms with E-state index in [4.69, 9.17) is 9.47 Å². The highest BCUT2D eigenvalue weighted by atomic mass is 16.5. The molecule has 0 aliphatic heterocycles. The van der Waals surface area contributed by atoms with Crippen molar-refractivity contribution in [1.82, 2.24) is 0 Å². The molecule has 1 atom stereocenters. The van der Waals surface area contributed by atoms with Crippen LogP contribution in [0, 0.1) is 6.10 Å². The van der Waals surface area contributed by atoms with Crippen LogP contribution in [0.5, 0.6) is 0 Å². The van der Waals surface area contributed by atoms with Gasteiger partial charge in [0.1, 0.15) is 0 Å². The van der Waals surface area contributed by atoms with Gasteiger partial charge in [0, 0.05) is 20.6 Å². The Morgan fingerprint density at radius 3 is 2.69 bits per heavy atom. The Balaban J connectivity index is 2.34. The van der Waals surface area contributed by atoms with Gasteiger partial charge in [-0.25, -0.2) is 0 Å².